The van der Waals surface area contributed by atoms with Gasteiger partial charge in [-0.05, 0) is 35.0 Å². The van der Waals surface area contributed by atoms with Crippen molar-refractivity contribution in [1.82, 2.24) is 9.78 Å². The molecule has 1 aromatic heterocycles. The van der Waals surface area contributed by atoms with Crippen LogP contribution in [0.2, 0.25) is 5.02 Å². The first-order chi connectivity index (χ1) is 9.04. The quantitative estimate of drug-likeness (QED) is 0.927. The summed E-state index contributed by atoms with van der Waals surface area (Å²) < 4.78 is 8.58. The second-order valence-corrected chi connectivity index (χ2v) is 5.38. The van der Waals surface area contributed by atoms with Crippen LogP contribution in [0.3, 0.4) is 0 Å². The van der Waals surface area contributed by atoms with Gasteiger partial charge in [-0.25, -0.2) is 0 Å². The van der Waals surface area contributed by atoms with Crippen LogP contribution in [0.15, 0.2) is 22.7 Å². The van der Waals surface area contributed by atoms with E-state index in [-0.39, 0.29) is 0 Å². The lowest BCUT2D eigenvalue weighted by atomic mass is 10.2. The van der Waals surface area contributed by atoms with E-state index in [4.69, 9.17) is 22.1 Å². The zero-order chi connectivity index (χ0) is 14.0. The second kappa shape index (κ2) is 5.94. The molecular weight excluding hydrogens is 330 g/mol. The van der Waals surface area contributed by atoms with Gasteiger partial charge in [0.15, 0.2) is 0 Å². The van der Waals surface area contributed by atoms with Crippen molar-refractivity contribution in [3.63, 3.8) is 0 Å². The lowest BCUT2D eigenvalue weighted by molar-refractivity contribution is 0.291. The molecule has 2 N–H and O–H groups in total. The van der Waals surface area contributed by atoms with E-state index in [1.165, 1.54) is 0 Å². The topological polar surface area (TPSA) is 53.1 Å². The number of aryl methyl sites for hydroxylation is 2. The lowest BCUT2D eigenvalue weighted by Gasteiger charge is -2.12. The summed E-state index contributed by atoms with van der Waals surface area (Å²) in [5.74, 6) is 0.709. The van der Waals surface area contributed by atoms with Gasteiger partial charge in [0.1, 0.15) is 12.4 Å². The summed E-state index contributed by atoms with van der Waals surface area (Å²) >= 11 is 9.60. The third-order valence-corrected chi connectivity index (χ3v) is 4.29. The van der Waals surface area contributed by atoms with Crippen LogP contribution in [0.5, 0.6) is 5.75 Å². The molecule has 0 aliphatic carbocycles. The molecule has 1 aromatic carbocycles. The van der Waals surface area contributed by atoms with Crippen molar-refractivity contribution in [1.29, 1.82) is 0 Å². The van der Waals surface area contributed by atoms with Gasteiger partial charge in [-0.2, -0.15) is 5.10 Å². The number of nitrogens with two attached hydrogens (primary N) is 1. The van der Waals surface area contributed by atoms with Gasteiger partial charge in [0.05, 0.1) is 15.9 Å². The molecule has 0 unspecified atom stereocenters. The first-order valence-corrected chi connectivity index (χ1v) is 7.00. The molecule has 0 fully saturated rings. The predicted molar refractivity (Wildman–Crippen MR) is 79.3 cm³/mol. The SMILES string of the molecule is Cc1nn(C)c(COc2cccc(Cl)c2CN)c1Br. The Labute approximate surface area is 125 Å². The van der Waals surface area contributed by atoms with Gasteiger partial charge < -0.3 is 10.5 Å². The number of rotatable bonds is 4. The fourth-order valence-electron chi connectivity index (χ4n) is 1.86. The highest BCUT2D eigenvalue weighted by Gasteiger charge is 2.13. The third-order valence-electron chi connectivity index (χ3n) is 2.91. The van der Waals surface area contributed by atoms with E-state index in [2.05, 4.69) is 21.0 Å². The van der Waals surface area contributed by atoms with Crippen molar-refractivity contribution in [2.24, 2.45) is 12.8 Å². The second-order valence-electron chi connectivity index (χ2n) is 4.18. The molecule has 0 atom stereocenters. The van der Waals surface area contributed by atoms with Gasteiger partial charge in [-0.3, -0.25) is 4.68 Å². The maximum absolute atomic E-state index is 6.09. The smallest absolute Gasteiger partial charge is 0.131 e. The van der Waals surface area contributed by atoms with E-state index in [1.807, 2.05) is 26.1 Å². The number of halogens is 2. The number of aromatic nitrogens is 2. The largest absolute Gasteiger partial charge is 0.487 e. The lowest BCUT2D eigenvalue weighted by Crippen LogP contribution is -2.06. The fraction of sp³-hybridized carbons (Fsp3) is 0.308. The molecule has 0 aliphatic rings. The molecule has 0 saturated heterocycles. The van der Waals surface area contributed by atoms with E-state index in [9.17, 15) is 0 Å². The number of ether oxygens (including phenoxy) is 1. The van der Waals surface area contributed by atoms with Crippen LogP contribution in [0.4, 0.5) is 0 Å². The number of hydrogen-bond donors (Lipinski definition) is 1. The van der Waals surface area contributed by atoms with Crippen molar-refractivity contribution in [3.8, 4) is 5.75 Å². The highest BCUT2D eigenvalue weighted by molar-refractivity contribution is 9.10. The Kier molecular flexibility index (Phi) is 4.50. The highest BCUT2D eigenvalue weighted by atomic mass is 79.9. The Balaban J connectivity index is 2.21. The molecule has 0 radical (unpaired) electrons. The molecule has 2 aromatic rings. The third kappa shape index (κ3) is 2.94. The zero-order valence-electron chi connectivity index (χ0n) is 10.8. The van der Waals surface area contributed by atoms with Crippen LogP contribution in [0.25, 0.3) is 0 Å². The molecule has 0 spiro atoms. The molecular formula is C13H15BrClN3O. The van der Waals surface area contributed by atoms with Gasteiger partial charge in [-0.1, -0.05) is 17.7 Å². The van der Waals surface area contributed by atoms with Gasteiger partial charge in [-0.15, -0.1) is 0 Å². The Morgan fingerprint density at radius 1 is 1.47 bits per heavy atom. The summed E-state index contributed by atoms with van der Waals surface area (Å²) in [4.78, 5) is 0. The number of nitrogens with zero attached hydrogens (tertiary/aromatic N) is 2. The molecule has 2 rings (SSSR count). The number of benzene rings is 1. The summed E-state index contributed by atoms with van der Waals surface area (Å²) in [6.45, 7) is 2.70. The van der Waals surface area contributed by atoms with E-state index in [0.29, 0.717) is 23.9 Å². The number of hydrogen-bond acceptors (Lipinski definition) is 3. The average Bonchev–Trinajstić information content (AvgIpc) is 2.61. The van der Waals surface area contributed by atoms with E-state index < -0.39 is 0 Å². The standard InChI is InChI=1S/C13H15BrClN3O/c1-8-13(14)11(18(2)17-8)7-19-12-5-3-4-10(15)9(12)6-16/h3-5H,6-7,16H2,1-2H3. The first-order valence-electron chi connectivity index (χ1n) is 5.82. The van der Waals surface area contributed by atoms with Crippen molar-refractivity contribution >= 4 is 27.5 Å². The fourth-order valence-corrected chi connectivity index (χ4v) is 2.55. The predicted octanol–water partition coefficient (Wildman–Crippen LogP) is 3.18. The van der Waals surface area contributed by atoms with Crippen molar-refractivity contribution in [3.05, 3.63) is 44.6 Å². The summed E-state index contributed by atoms with van der Waals surface area (Å²) in [6.07, 6.45) is 0. The Hall–Kier alpha value is -1.04. The van der Waals surface area contributed by atoms with Crippen LogP contribution in [-0.2, 0) is 20.2 Å². The van der Waals surface area contributed by atoms with Crippen LogP contribution < -0.4 is 10.5 Å². The van der Waals surface area contributed by atoms with Crippen LogP contribution >= 0.6 is 27.5 Å². The van der Waals surface area contributed by atoms with Gasteiger partial charge in [0.25, 0.3) is 0 Å². The Morgan fingerprint density at radius 3 is 2.79 bits per heavy atom. The minimum absolute atomic E-state index is 0.348. The minimum Gasteiger partial charge on any atom is -0.487 e. The average molecular weight is 345 g/mol. The maximum atomic E-state index is 6.09. The first kappa shape index (κ1) is 14.4. The normalized spacial score (nSPS) is 10.8. The molecule has 102 valence electrons. The molecule has 4 nitrogen and oxygen atoms in total. The van der Waals surface area contributed by atoms with Gasteiger partial charge in [0.2, 0.25) is 0 Å². The highest BCUT2D eigenvalue weighted by Crippen LogP contribution is 2.28. The Morgan fingerprint density at radius 2 is 2.21 bits per heavy atom. The molecule has 1 heterocycles. The zero-order valence-corrected chi connectivity index (χ0v) is 13.1. The van der Waals surface area contributed by atoms with Crippen molar-refractivity contribution < 1.29 is 4.74 Å². The van der Waals surface area contributed by atoms with Gasteiger partial charge in [0, 0.05) is 24.2 Å². The molecule has 0 bridgehead atoms. The van der Waals surface area contributed by atoms with Crippen LogP contribution in [0.1, 0.15) is 17.0 Å². The minimum atomic E-state index is 0.348. The summed E-state index contributed by atoms with van der Waals surface area (Å²) in [6, 6.07) is 5.52. The van der Waals surface area contributed by atoms with Crippen molar-refractivity contribution in [2.75, 3.05) is 0 Å². The maximum Gasteiger partial charge on any atom is 0.131 e. The molecule has 0 saturated carbocycles. The van der Waals surface area contributed by atoms with E-state index in [1.54, 1.807) is 10.7 Å². The Bertz CT molecular complexity index is 598. The molecule has 19 heavy (non-hydrogen) atoms. The summed E-state index contributed by atoms with van der Waals surface area (Å²) in [5, 5.41) is 4.95. The molecule has 0 aliphatic heterocycles. The molecule has 0 amide bonds. The summed E-state index contributed by atoms with van der Waals surface area (Å²) in [7, 11) is 1.89. The van der Waals surface area contributed by atoms with Crippen molar-refractivity contribution in [2.45, 2.75) is 20.1 Å². The summed E-state index contributed by atoms with van der Waals surface area (Å²) in [5.41, 5.74) is 8.42. The molecule has 6 heteroatoms. The van der Waals surface area contributed by atoms with Crippen LogP contribution in [0, 0.1) is 6.92 Å². The van der Waals surface area contributed by atoms with E-state index in [0.717, 1.165) is 21.4 Å². The van der Waals surface area contributed by atoms with E-state index >= 15 is 0 Å². The monoisotopic (exact) mass is 343 g/mol. The van der Waals surface area contributed by atoms with Gasteiger partial charge >= 0.3 is 0 Å². The van der Waals surface area contributed by atoms with Crippen LogP contribution in [-0.4, -0.2) is 9.78 Å².